The molecule has 1 aromatic carbocycles. The summed E-state index contributed by atoms with van der Waals surface area (Å²) in [5.74, 6) is 0.528. The molecule has 0 saturated carbocycles. The van der Waals surface area contributed by atoms with Crippen LogP contribution in [-0.4, -0.2) is 18.3 Å². The summed E-state index contributed by atoms with van der Waals surface area (Å²) in [5.41, 5.74) is 1.22. The molecule has 0 aliphatic rings. The summed E-state index contributed by atoms with van der Waals surface area (Å²) < 4.78 is 4.98. The second kappa shape index (κ2) is 4.19. The molecule has 1 aromatic rings. The predicted molar refractivity (Wildman–Crippen MR) is 54.4 cm³/mol. The third kappa shape index (κ3) is 2.29. The first kappa shape index (κ1) is 10.7. The normalized spacial score (nSPS) is 9.64. The van der Waals surface area contributed by atoms with Gasteiger partial charge in [0.1, 0.15) is 5.75 Å². The van der Waals surface area contributed by atoms with E-state index in [4.69, 9.17) is 21.4 Å². The van der Waals surface area contributed by atoms with Gasteiger partial charge in [0.15, 0.2) is 0 Å². The van der Waals surface area contributed by atoms with Crippen molar-refractivity contribution < 1.29 is 14.6 Å². The molecule has 0 atom stereocenters. The van der Waals surface area contributed by atoms with E-state index < -0.39 is 6.09 Å². The fourth-order valence-corrected chi connectivity index (χ4v) is 1.30. The van der Waals surface area contributed by atoms with Gasteiger partial charge >= 0.3 is 6.09 Å². The van der Waals surface area contributed by atoms with Gasteiger partial charge in [-0.15, -0.1) is 0 Å². The van der Waals surface area contributed by atoms with Gasteiger partial charge in [0, 0.05) is 5.69 Å². The van der Waals surface area contributed by atoms with Crippen LogP contribution in [0.2, 0.25) is 5.02 Å². The van der Waals surface area contributed by atoms with Crippen LogP contribution in [-0.2, 0) is 0 Å². The van der Waals surface area contributed by atoms with E-state index in [2.05, 4.69) is 5.32 Å². The van der Waals surface area contributed by atoms with Crippen molar-refractivity contribution in [1.82, 2.24) is 0 Å². The van der Waals surface area contributed by atoms with Crippen molar-refractivity contribution >= 4 is 23.4 Å². The summed E-state index contributed by atoms with van der Waals surface area (Å²) in [6.07, 6.45) is -1.12. The summed E-state index contributed by atoms with van der Waals surface area (Å²) in [4.78, 5) is 10.4. The van der Waals surface area contributed by atoms with Crippen LogP contribution < -0.4 is 10.1 Å². The number of methoxy groups -OCH3 is 1. The fourth-order valence-electron chi connectivity index (χ4n) is 1.06. The lowest BCUT2D eigenvalue weighted by Gasteiger charge is -2.09. The highest BCUT2D eigenvalue weighted by molar-refractivity contribution is 6.32. The number of carbonyl (C=O) groups is 1. The maximum Gasteiger partial charge on any atom is 0.409 e. The number of rotatable bonds is 2. The molecule has 0 aromatic heterocycles. The second-order valence-electron chi connectivity index (χ2n) is 2.73. The van der Waals surface area contributed by atoms with Crippen LogP contribution in [0.5, 0.6) is 5.75 Å². The SMILES string of the molecule is COc1cc(C)c(NC(=O)O)cc1Cl. The molecule has 0 radical (unpaired) electrons. The average molecular weight is 216 g/mol. The van der Waals surface area contributed by atoms with Crippen molar-refractivity contribution in [2.75, 3.05) is 12.4 Å². The van der Waals surface area contributed by atoms with Crippen molar-refractivity contribution in [1.29, 1.82) is 0 Å². The van der Waals surface area contributed by atoms with Gasteiger partial charge in [0.25, 0.3) is 0 Å². The Bertz CT molecular complexity index is 365. The maximum atomic E-state index is 10.4. The standard InChI is InChI=1S/C9H10ClNO3/c1-5-3-8(14-2)6(10)4-7(5)11-9(12)13/h3-4,11H,1-2H3,(H,12,13). The Morgan fingerprint density at radius 3 is 2.71 bits per heavy atom. The number of amides is 1. The number of ether oxygens (including phenoxy) is 1. The molecule has 0 heterocycles. The first-order valence-corrected chi connectivity index (χ1v) is 4.26. The summed E-state index contributed by atoms with van der Waals surface area (Å²) in [5, 5.41) is 11.1. The van der Waals surface area contributed by atoms with Gasteiger partial charge in [-0.3, -0.25) is 5.32 Å². The second-order valence-corrected chi connectivity index (χ2v) is 3.14. The first-order chi connectivity index (χ1) is 6.54. The Labute approximate surface area is 86.4 Å². The van der Waals surface area contributed by atoms with E-state index in [1.807, 2.05) is 0 Å². The van der Waals surface area contributed by atoms with E-state index in [1.54, 1.807) is 13.0 Å². The molecule has 0 fully saturated rings. The van der Waals surface area contributed by atoms with Crippen molar-refractivity contribution in [2.45, 2.75) is 6.92 Å². The highest BCUT2D eigenvalue weighted by Crippen LogP contribution is 2.30. The van der Waals surface area contributed by atoms with Gasteiger partial charge in [-0.1, -0.05) is 11.6 Å². The molecule has 76 valence electrons. The van der Waals surface area contributed by atoms with Crippen LogP contribution in [0.1, 0.15) is 5.56 Å². The molecule has 0 aliphatic carbocycles. The highest BCUT2D eigenvalue weighted by Gasteiger charge is 2.07. The van der Waals surface area contributed by atoms with Gasteiger partial charge in [-0.05, 0) is 24.6 Å². The van der Waals surface area contributed by atoms with E-state index in [0.717, 1.165) is 5.56 Å². The Morgan fingerprint density at radius 1 is 1.57 bits per heavy atom. The number of benzene rings is 1. The number of halogens is 1. The van der Waals surface area contributed by atoms with Gasteiger partial charge in [0.2, 0.25) is 0 Å². The zero-order chi connectivity index (χ0) is 10.7. The van der Waals surface area contributed by atoms with Crippen molar-refractivity contribution in [2.24, 2.45) is 0 Å². The number of anilines is 1. The van der Waals surface area contributed by atoms with Gasteiger partial charge in [0.05, 0.1) is 12.1 Å². The first-order valence-electron chi connectivity index (χ1n) is 3.88. The number of carboxylic acid groups (broad SMARTS) is 1. The molecule has 0 saturated heterocycles. The molecular weight excluding hydrogens is 206 g/mol. The maximum absolute atomic E-state index is 10.4. The topological polar surface area (TPSA) is 58.6 Å². The molecule has 1 rings (SSSR count). The number of hydrogen-bond donors (Lipinski definition) is 2. The van der Waals surface area contributed by atoms with Gasteiger partial charge in [-0.2, -0.15) is 0 Å². The Hall–Kier alpha value is -1.42. The number of aryl methyl sites for hydroxylation is 1. The lowest BCUT2D eigenvalue weighted by Crippen LogP contribution is -2.08. The molecule has 14 heavy (non-hydrogen) atoms. The Balaban J connectivity index is 3.08. The van der Waals surface area contributed by atoms with E-state index in [9.17, 15) is 4.79 Å². The Morgan fingerprint density at radius 2 is 2.21 bits per heavy atom. The van der Waals surface area contributed by atoms with Crippen molar-refractivity contribution in [3.8, 4) is 5.75 Å². The average Bonchev–Trinajstić information content (AvgIpc) is 2.10. The summed E-state index contributed by atoms with van der Waals surface area (Å²) in [7, 11) is 1.50. The van der Waals surface area contributed by atoms with Crippen LogP contribution in [0, 0.1) is 6.92 Å². The Kier molecular flexibility index (Phi) is 3.19. The minimum Gasteiger partial charge on any atom is -0.495 e. The number of nitrogens with one attached hydrogen (secondary N) is 1. The summed E-state index contributed by atoms with van der Waals surface area (Å²) in [6, 6.07) is 3.19. The van der Waals surface area contributed by atoms with Crippen LogP contribution in [0.4, 0.5) is 10.5 Å². The zero-order valence-electron chi connectivity index (χ0n) is 7.80. The molecule has 0 unspecified atom stereocenters. The predicted octanol–water partition coefficient (Wildman–Crippen LogP) is 2.75. The molecular formula is C9H10ClNO3. The largest absolute Gasteiger partial charge is 0.495 e. The fraction of sp³-hybridized carbons (Fsp3) is 0.222. The summed E-state index contributed by atoms with van der Waals surface area (Å²) >= 11 is 5.83. The molecule has 0 aliphatic heterocycles. The van der Waals surface area contributed by atoms with Crippen LogP contribution >= 0.6 is 11.6 Å². The third-order valence-corrected chi connectivity index (χ3v) is 2.04. The van der Waals surface area contributed by atoms with Crippen molar-refractivity contribution in [3.05, 3.63) is 22.7 Å². The van der Waals surface area contributed by atoms with E-state index in [-0.39, 0.29) is 0 Å². The van der Waals surface area contributed by atoms with Gasteiger partial charge in [-0.25, -0.2) is 4.79 Å². The van der Waals surface area contributed by atoms with E-state index >= 15 is 0 Å². The zero-order valence-corrected chi connectivity index (χ0v) is 8.55. The minimum atomic E-state index is -1.12. The monoisotopic (exact) mass is 215 g/mol. The van der Waals surface area contributed by atoms with E-state index in [1.165, 1.54) is 13.2 Å². The number of hydrogen-bond acceptors (Lipinski definition) is 2. The molecule has 0 spiro atoms. The lowest BCUT2D eigenvalue weighted by atomic mass is 10.2. The highest BCUT2D eigenvalue weighted by atomic mass is 35.5. The van der Waals surface area contributed by atoms with Crippen LogP contribution in [0.25, 0.3) is 0 Å². The van der Waals surface area contributed by atoms with E-state index in [0.29, 0.717) is 16.5 Å². The van der Waals surface area contributed by atoms with Crippen LogP contribution in [0.3, 0.4) is 0 Å². The molecule has 0 bridgehead atoms. The molecule has 2 N–H and O–H groups in total. The van der Waals surface area contributed by atoms with Crippen molar-refractivity contribution in [3.63, 3.8) is 0 Å². The van der Waals surface area contributed by atoms with Crippen LogP contribution in [0.15, 0.2) is 12.1 Å². The van der Waals surface area contributed by atoms with Gasteiger partial charge < -0.3 is 9.84 Å². The molecule has 5 heteroatoms. The quantitative estimate of drug-likeness (QED) is 0.798. The summed E-state index contributed by atoms with van der Waals surface area (Å²) in [6.45, 7) is 1.77. The molecule has 1 amide bonds. The molecule has 4 nitrogen and oxygen atoms in total. The smallest absolute Gasteiger partial charge is 0.409 e. The third-order valence-electron chi connectivity index (χ3n) is 1.74. The minimum absolute atomic E-state index is 0.377. The lowest BCUT2D eigenvalue weighted by molar-refractivity contribution is 0.209.